The van der Waals surface area contributed by atoms with Crippen LogP contribution in [-0.2, 0) is 6.54 Å². The first-order chi connectivity index (χ1) is 8.58. The quantitative estimate of drug-likeness (QED) is 0.756. The number of nitrogen functional groups attached to an aromatic ring is 1. The van der Waals surface area contributed by atoms with E-state index in [9.17, 15) is 4.79 Å². The van der Waals surface area contributed by atoms with Crippen molar-refractivity contribution in [2.75, 3.05) is 11.1 Å². The molecule has 1 amide bonds. The zero-order valence-corrected chi connectivity index (χ0v) is 11.8. The lowest BCUT2D eigenvalue weighted by molar-refractivity contribution is 0.100. The highest BCUT2D eigenvalue weighted by atomic mass is 79.9. The molecular weight excluding hydrogens is 314 g/mol. The van der Waals surface area contributed by atoms with Gasteiger partial charge in [0, 0.05) is 14.9 Å². The number of rotatable bonds is 4. The Labute approximate surface area is 117 Å². The van der Waals surface area contributed by atoms with Gasteiger partial charge in [0.15, 0.2) is 0 Å². The fraction of sp³-hybridized carbons (Fsp3) is 0.0833. The Hall–Kier alpha value is -1.53. The van der Waals surface area contributed by atoms with Gasteiger partial charge in [-0.15, -0.1) is 11.3 Å². The molecule has 0 saturated heterocycles. The second-order valence-corrected chi connectivity index (χ2v) is 5.57. The number of hydrogen-bond donors (Lipinski definition) is 3. The molecule has 4 nitrogen and oxygen atoms in total. The predicted octanol–water partition coefficient (Wildman–Crippen LogP) is 2.80. The minimum atomic E-state index is -0.478. The van der Waals surface area contributed by atoms with Crippen molar-refractivity contribution in [1.82, 2.24) is 0 Å². The summed E-state index contributed by atoms with van der Waals surface area (Å²) in [6.45, 7) is 0.679. The van der Waals surface area contributed by atoms with Gasteiger partial charge in [-0.05, 0) is 45.6 Å². The van der Waals surface area contributed by atoms with Crippen LogP contribution in [0.2, 0.25) is 0 Å². The van der Waals surface area contributed by atoms with E-state index in [1.807, 2.05) is 11.4 Å². The molecule has 18 heavy (non-hydrogen) atoms. The summed E-state index contributed by atoms with van der Waals surface area (Å²) >= 11 is 5.13. The summed E-state index contributed by atoms with van der Waals surface area (Å²) in [5.41, 5.74) is 12.8. The lowest BCUT2D eigenvalue weighted by Crippen LogP contribution is -2.12. The summed E-state index contributed by atoms with van der Waals surface area (Å²) < 4.78 is 1.08. The molecule has 0 spiro atoms. The fourth-order valence-electron chi connectivity index (χ4n) is 1.50. The van der Waals surface area contributed by atoms with Crippen LogP contribution in [0.5, 0.6) is 0 Å². The van der Waals surface area contributed by atoms with Crippen LogP contribution in [0.25, 0.3) is 0 Å². The van der Waals surface area contributed by atoms with Crippen LogP contribution in [0, 0.1) is 0 Å². The minimum Gasteiger partial charge on any atom is -0.397 e. The minimum absolute atomic E-state index is 0.412. The first kappa shape index (κ1) is 12.9. The highest BCUT2D eigenvalue weighted by molar-refractivity contribution is 9.10. The van der Waals surface area contributed by atoms with E-state index in [0.717, 1.165) is 10.2 Å². The van der Waals surface area contributed by atoms with Crippen LogP contribution in [-0.4, -0.2) is 5.91 Å². The smallest absolute Gasteiger partial charge is 0.248 e. The summed E-state index contributed by atoms with van der Waals surface area (Å²) in [6, 6.07) is 7.00. The monoisotopic (exact) mass is 325 g/mol. The van der Waals surface area contributed by atoms with Crippen molar-refractivity contribution >= 4 is 44.5 Å². The molecule has 0 aliphatic carbocycles. The molecule has 0 saturated carbocycles. The van der Waals surface area contributed by atoms with Gasteiger partial charge < -0.3 is 16.8 Å². The van der Waals surface area contributed by atoms with Crippen molar-refractivity contribution in [3.8, 4) is 0 Å². The van der Waals surface area contributed by atoms with Crippen LogP contribution in [0.15, 0.2) is 34.1 Å². The third-order valence-corrected chi connectivity index (χ3v) is 4.39. The zero-order valence-electron chi connectivity index (χ0n) is 9.44. The number of primary amides is 1. The number of carbonyl (C=O) groups excluding carboxylic acids is 1. The number of anilines is 2. The van der Waals surface area contributed by atoms with E-state index in [-0.39, 0.29) is 0 Å². The molecule has 1 aromatic heterocycles. The van der Waals surface area contributed by atoms with Crippen molar-refractivity contribution < 1.29 is 4.79 Å². The van der Waals surface area contributed by atoms with E-state index in [2.05, 4.69) is 21.2 Å². The van der Waals surface area contributed by atoms with Gasteiger partial charge in [0.2, 0.25) is 5.91 Å². The summed E-state index contributed by atoms with van der Waals surface area (Å²) in [5, 5.41) is 5.24. The van der Waals surface area contributed by atoms with Crippen LogP contribution in [0.4, 0.5) is 11.4 Å². The second-order valence-electron chi connectivity index (χ2n) is 3.71. The molecule has 0 atom stereocenters. The van der Waals surface area contributed by atoms with E-state index in [1.54, 1.807) is 29.5 Å². The van der Waals surface area contributed by atoms with E-state index < -0.39 is 5.91 Å². The van der Waals surface area contributed by atoms with Gasteiger partial charge in [-0.3, -0.25) is 4.79 Å². The molecule has 5 N–H and O–H groups in total. The molecule has 0 fully saturated rings. The Bertz CT molecular complexity index is 582. The average molecular weight is 326 g/mol. The number of thiophene rings is 1. The normalized spacial score (nSPS) is 10.3. The largest absolute Gasteiger partial charge is 0.397 e. The Morgan fingerprint density at radius 2 is 2.17 bits per heavy atom. The maximum atomic E-state index is 11.0. The SMILES string of the molecule is NC(=O)c1ccc(NCc2sccc2Br)c(N)c1. The topological polar surface area (TPSA) is 81.1 Å². The highest BCUT2D eigenvalue weighted by Crippen LogP contribution is 2.25. The number of hydrogen-bond acceptors (Lipinski definition) is 4. The van der Waals surface area contributed by atoms with Gasteiger partial charge in [0.25, 0.3) is 0 Å². The van der Waals surface area contributed by atoms with Crippen LogP contribution < -0.4 is 16.8 Å². The van der Waals surface area contributed by atoms with Gasteiger partial charge >= 0.3 is 0 Å². The maximum absolute atomic E-state index is 11.0. The van der Waals surface area contributed by atoms with Crippen molar-refractivity contribution in [2.24, 2.45) is 5.73 Å². The second kappa shape index (κ2) is 5.41. The summed E-state index contributed by atoms with van der Waals surface area (Å²) in [7, 11) is 0. The van der Waals surface area contributed by atoms with Crippen molar-refractivity contribution in [1.29, 1.82) is 0 Å². The molecule has 0 aliphatic rings. The first-order valence-corrected chi connectivity index (χ1v) is 6.90. The average Bonchev–Trinajstić information content (AvgIpc) is 2.73. The standard InChI is InChI=1S/C12H12BrN3OS/c13-8-3-4-18-11(8)6-16-10-2-1-7(12(15)17)5-9(10)14/h1-5,16H,6,14H2,(H2,15,17). The molecule has 0 radical (unpaired) electrons. The van der Waals surface area contributed by atoms with Crippen molar-refractivity contribution in [3.63, 3.8) is 0 Å². The molecule has 1 heterocycles. The summed E-state index contributed by atoms with van der Waals surface area (Å²) in [4.78, 5) is 12.2. The molecule has 0 aliphatic heterocycles. The number of benzene rings is 1. The number of amides is 1. The number of nitrogens with one attached hydrogen (secondary N) is 1. The highest BCUT2D eigenvalue weighted by Gasteiger charge is 2.06. The molecule has 2 rings (SSSR count). The van der Waals surface area contributed by atoms with E-state index in [0.29, 0.717) is 17.8 Å². The maximum Gasteiger partial charge on any atom is 0.248 e. The lowest BCUT2D eigenvalue weighted by atomic mass is 10.1. The molecular formula is C12H12BrN3OS. The molecule has 6 heteroatoms. The summed E-state index contributed by atoms with van der Waals surface area (Å²) in [6.07, 6.45) is 0. The fourth-order valence-corrected chi connectivity index (χ4v) is 2.94. The van der Waals surface area contributed by atoms with E-state index >= 15 is 0 Å². The molecule has 94 valence electrons. The zero-order chi connectivity index (χ0) is 13.1. The van der Waals surface area contributed by atoms with E-state index in [1.165, 1.54) is 4.88 Å². The van der Waals surface area contributed by atoms with Gasteiger partial charge in [-0.25, -0.2) is 0 Å². The van der Waals surface area contributed by atoms with Crippen molar-refractivity contribution in [2.45, 2.75) is 6.54 Å². The van der Waals surface area contributed by atoms with Crippen LogP contribution in [0.3, 0.4) is 0 Å². The number of carbonyl (C=O) groups is 1. The van der Waals surface area contributed by atoms with Gasteiger partial charge in [0.05, 0.1) is 17.9 Å². The van der Waals surface area contributed by atoms with E-state index in [4.69, 9.17) is 11.5 Å². The lowest BCUT2D eigenvalue weighted by Gasteiger charge is -2.09. The number of nitrogens with two attached hydrogens (primary N) is 2. The Balaban J connectivity index is 2.11. The predicted molar refractivity (Wildman–Crippen MR) is 78.7 cm³/mol. The Morgan fingerprint density at radius 1 is 1.39 bits per heavy atom. The van der Waals surface area contributed by atoms with Crippen LogP contribution in [0.1, 0.15) is 15.2 Å². The van der Waals surface area contributed by atoms with Gasteiger partial charge in [0.1, 0.15) is 0 Å². The Kier molecular flexibility index (Phi) is 3.88. The van der Waals surface area contributed by atoms with Gasteiger partial charge in [-0.2, -0.15) is 0 Å². The molecule has 0 unspecified atom stereocenters. The molecule has 0 bridgehead atoms. The van der Waals surface area contributed by atoms with Crippen LogP contribution >= 0.6 is 27.3 Å². The number of halogens is 1. The van der Waals surface area contributed by atoms with Gasteiger partial charge in [-0.1, -0.05) is 0 Å². The van der Waals surface area contributed by atoms with Crippen molar-refractivity contribution in [3.05, 3.63) is 44.6 Å². The Morgan fingerprint density at radius 3 is 2.72 bits per heavy atom. The molecule has 2 aromatic rings. The first-order valence-electron chi connectivity index (χ1n) is 5.23. The third kappa shape index (κ3) is 2.83. The third-order valence-electron chi connectivity index (χ3n) is 2.47. The summed E-state index contributed by atoms with van der Waals surface area (Å²) in [5.74, 6) is -0.478. The molecule has 1 aromatic carbocycles.